The number of rotatable bonds is 3. The summed E-state index contributed by atoms with van der Waals surface area (Å²) in [5.41, 5.74) is 0.626. The van der Waals surface area contributed by atoms with E-state index in [1.54, 1.807) is 18.2 Å². The molecule has 1 amide bonds. The molecule has 2 rings (SSSR count). The van der Waals surface area contributed by atoms with Crippen LogP contribution in [0.4, 0.5) is 11.4 Å². The minimum atomic E-state index is -4.06. The van der Waals surface area contributed by atoms with E-state index in [1.165, 1.54) is 6.07 Å². The van der Waals surface area contributed by atoms with Crippen molar-refractivity contribution in [3.8, 4) is 0 Å². The number of para-hydroxylation sites is 2. The van der Waals surface area contributed by atoms with Gasteiger partial charge in [-0.15, -0.1) is 0 Å². The van der Waals surface area contributed by atoms with Crippen molar-refractivity contribution in [3.05, 3.63) is 24.3 Å². The van der Waals surface area contributed by atoms with Gasteiger partial charge in [-0.25, -0.2) is 8.42 Å². The molecule has 8 heteroatoms. The number of fused-ring (bicyclic) bond motifs is 1. The molecule has 0 spiro atoms. The zero-order chi connectivity index (χ0) is 13.3. The van der Waals surface area contributed by atoms with Crippen molar-refractivity contribution in [1.29, 1.82) is 0 Å². The van der Waals surface area contributed by atoms with E-state index in [2.05, 4.69) is 5.32 Å². The summed E-state index contributed by atoms with van der Waals surface area (Å²) in [6.45, 7) is -0.410. The van der Waals surface area contributed by atoms with E-state index < -0.39 is 34.2 Å². The van der Waals surface area contributed by atoms with Gasteiger partial charge in [0.2, 0.25) is 15.9 Å². The van der Waals surface area contributed by atoms with Crippen molar-refractivity contribution >= 4 is 33.3 Å². The Bertz CT molecular complexity index is 610. The zero-order valence-corrected chi connectivity index (χ0v) is 9.98. The van der Waals surface area contributed by atoms with Crippen LogP contribution in [0.5, 0.6) is 0 Å². The quantitative estimate of drug-likeness (QED) is 0.795. The smallest absolute Gasteiger partial charge is 0.320 e. The molecule has 0 unspecified atom stereocenters. The third-order valence-electron chi connectivity index (χ3n) is 2.38. The Morgan fingerprint density at radius 1 is 1.39 bits per heavy atom. The number of sulfonamides is 1. The van der Waals surface area contributed by atoms with Crippen LogP contribution in [-0.2, 0) is 19.6 Å². The van der Waals surface area contributed by atoms with E-state index >= 15 is 0 Å². The average molecular weight is 270 g/mol. The molecule has 0 saturated heterocycles. The molecular weight excluding hydrogens is 260 g/mol. The molecule has 1 aliphatic heterocycles. The molecular formula is C10H10N2O5S. The number of aliphatic carboxylic acids is 1. The van der Waals surface area contributed by atoms with Gasteiger partial charge in [0.05, 0.1) is 11.4 Å². The lowest BCUT2D eigenvalue weighted by Crippen LogP contribution is -2.44. The number of nitrogens with zero attached hydrogens (tertiary/aromatic N) is 1. The lowest BCUT2D eigenvalue weighted by atomic mass is 10.2. The molecule has 0 aliphatic carbocycles. The number of benzene rings is 1. The number of nitrogens with one attached hydrogen (secondary N) is 1. The van der Waals surface area contributed by atoms with Crippen LogP contribution in [0.2, 0.25) is 0 Å². The fourth-order valence-electron chi connectivity index (χ4n) is 1.68. The first-order valence-electron chi connectivity index (χ1n) is 5.01. The average Bonchev–Trinajstić information content (AvgIpc) is 2.26. The summed E-state index contributed by atoms with van der Waals surface area (Å²) in [6.07, 6.45) is 0. The number of carboxylic acids is 1. The molecule has 0 saturated carbocycles. The highest BCUT2D eigenvalue weighted by molar-refractivity contribution is 7.93. The molecule has 0 radical (unpaired) electrons. The molecule has 0 atom stereocenters. The van der Waals surface area contributed by atoms with Crippen molar-refractivity contribution in [2.75, 3.05) is 21.9 Å². The summed E-state index contributed by atoms with van der Waals surface area (Å²) in [7, 11) is -4.06. The molecule has 0 bridgehead atoms. The van der Waals surface area contributed by atoms with Crippen molar-refractivity contribution < 1.29 is 23.1 Å². The summed E-state index contributed by atoms with van der Waals surface area (Å²) < 4.78 is 24.6. The van der Waals surface area contributed by atoms with Crippen LogP contribution in [0, 0.1) is 0 Å². The van der Waals surface area contributed by atoms with Crippen LogP contribution in [0.1, 0.15) is 0 Å². The molecule has 2 N–H and O–H groups in total. The van der Waals surface area contributed by atoms with E-state index in [9.17, 15) is 18.0 Å². The fourth-order valence-corrected chi connectivity index (χ4v) is 2.93. The Labute approximate surface area is 103 Å². The highest BCUT2D eigenvalue weighted by atomic mass is 32.2. The second kappa shape index (κ2) is 4.30. The van der Waals surface area contributed by atoms with Crippen LogP contribution in [0.25, 0.3) is 0 Å². The second-order valence-corrected chi connectivity index (χ2v) is 5.62. The van der Waals surface area contributed by atoms with Gasteiger partial charge in [0.1, 0.15) is 6.54 Å². The van der Waals surface area contributed by atoms with E-state index in [0.29, 0.717) is 5.69 Å². The number of hydrogen-bond donors (Lipinski definition) is 2. The first-order chi connectivity index (χ1) is 8.40. The van der Waals surface area contributed by atoms with Gasteiger partial charge >= 0.3 is 5.97 Å². The molecule has 1 heterocycles. The van der Waals surface area contributed by atoms with Crippen LogP contribution in [-0.4, -0.2) is 37.7 Å². The Morgan fingerprint density at radius 3 is 2.72 bits per heavy atom. The maximum absolute atomic E-state index is 11.9. The van der Waals surface area contributed by atoms with Gasteiger partial charge in [-0.2, -0.15) is 0 Å². The molecule has 0 aromatic heterocycles. The van der Waals surface area contributed by atoms with E-state index in [4.69, 9.17) is 5.11 Å². The summed E-state index contributed by atoms with van der Waals surface area (Å²) in [5.74, 6) is -3.00. The van der Waals surface area contributed by atoms with E-state index in [-0.39, 0.29) is 5.69 Å². The SMILES string of the molecule is O=C(O)CS(=O)(=O)N1CC(=O)Nc2ccccc21. The minimum Gasteiger partial charge on any atom is -0.480 e. The van der Waals surface area contributed by atoms with Crippen LogP contribution in [0.3, 0.4) is 0 Å². The number of anilines is 2. The predicted molar refractivity (Wildman–Crippen MR) is 63.8 cm³/mol. The predicted octanol–water partition coefficient (Wildman–Crippen LogP) is -0.140. The maximum atomic E-state index is 11.9. The van der Waals surface area contributed by atoms with Gasteiger partial charge < -0.3 is 10.4 Å². The summed E-state index contributed by atoms with van der Waals surface area (Å²) in [4.78, 5) is 21.9. The molecule has 1 aromatic carbocycles. The summed E-state index contributed by atoms with van der Waals surface area (Å²) >= 11 is 0. The summed E-state index contributed by atoms with van der Waals surface area (Å²) in [6, 6.07) is 6.32. The molecule has 18 heavy (non-hydrogen) atoms. The van der Waals surface area contributed by atoms with Crippen molar-refractivity contribution in [2.45, 2.75) is 0 Å². The third kappa shape index (κ3) is 2.28. The van der Waals surface area contributed by atoms with E-state index in [0.717, 1.165) is 4.31 Å². The van der Waals surface area contributed by atoms with Crippen molar-refractivity contribution in [1.82, 2.24) is 0 Å². The Kier molecular flexibility index (Phi) is 2.95. The number of carbonyl (C=O) groups is 2. The zero-order valence-electron chi connectivity index (χ0n) is 9.16. The summed E-state index contributed by atoms with van der Waals surface area (Å²) in [5, 5.41) is 11.1. The minimum absolute atomic E-state index is 0.276. The number of hydrogen-bond acceptors (Lipinski definition) is 4. The van der Waals surface area contributed by atoms with Gasteiger partial charge in [0.25, 0.3) is 0 Å². The van der Waals surface area contributed by atoms with Crippen LogP contribution in [0.15, 0.2) is 24.3 Å². The van der Waals surface area contributed by atoms with Crippen molar-refractivity contribution in [3.63, 3.8) is 0 Å². The lowest BCUT2D eigenvalue weighted by Gasteiger charge is -2.29. The fraction of sp³-hybridized carbons (Fsp3) is 0.200. The van der Waals surface area contributed by atoms with Gasteiger partial charge in [-0.1, -0.05) is 12.1 Å². The van der Waals surface area contributed by atoms with Crippen LogP contribution < -0.4 is 9.62 Å². The lowest BCUT2D eigenvalue weighted by molar-refractivity contribution is -0.134. The normalized spacial score (nSPS) is 14.9. The van der Waals surface area contributed by atoms with Gasteiger partial charge in [-0.05, 0) is 12.1 Å². The Morgan fingerprint density at radius 2 is 2.06 bits per heavy atom. The first-order valence-corrected chi connectivity index (χ1v) is 6.62. The Balaban J connectivity index is 2.46. The number of carbonyl (C=O) groups excluding carboxylic acids is 1. The molecule has 1 aliphatic rings. The number of amides is 1. The van der Waals surface area contributed by atoms with Gasteiger partial charge in [0, 0.05) is 0 Å². The topological polar surface area (TPSA) is 104 Å². The standard InChI is InChI=1S/C10H10N2O5S/c13-9-5-12(18(16,17)6-10(14)15)8-4-2-1-3-7(8)11-9/h1-4H,5-6H2,(H,11,13)(H,14,15). The van der Waals surface area contributed by atoms with E-state index in [1.807, 2.05) is 0 Å². The highest BCUT2D eigenvalue weighted by Crippen LogP contribution is 2.30. The highest BCUT2D eigenvalue weighted by Gasteiger charge is 2.32. The monoisotopic (exact) mass is 270 g/mol. The van der Waals surface area contributed by atoms with Gasteiger partial charge in [-0.3, -0.25) is 13.9 Å². The van der Waals surface area contributed by atoms with Gasteiger partial charge in [0.15, 0.2) is 5.75 Å². The third-order valence-corrected chi connectivity index (χ3v) is 3.98. The molecule has 7 nitrogen and oxygen atoms in total. The molecule has 0 fully saturated rings. The largest absolute Gasteiger partial charge is 0.480 e. The first kappa shape index (κ1) is 12.4. The molecule has 96 valence electrons. The van der Waals surface area contributed by atoms with Crippen molar-refractivity contribution in [2.24, 2.45) is 0 Å². The van der Waals surface area contributed by atoms with Crippen LogP contribution >= 0.6 is 0 Å². The second-order valence-electron chi connectivity index (χ2n) is 3.72. The maximum Gasteiger partial charge on any atom is 0.320 e. The molecule has 1 aromatic rings. The number of carboxylic acid groups (broad SMARTS) is 1. The Hall–Kier alpha value is -2.09.